The first kappa shape index (κ1) is 23.3. The van der Waals surface area contributed by atoms with Crippen molar-refractivity contribution in [3.05, 3.63) is 50.1 Å². The van der Waals surface area contributed by atoms with Crippen molar-refractivity contribution in [1.82, 2.24) is 5.32 Å². The van der Waals surface area contributed by atoms with E-state index in [1.54, 1.807) is 24.3 Å². The Bertz CT molecular complexity index is 598. The average molecular weight is 403 g/mol. The highest BCUT2D eigenvalue weighted by molar-refractivity contribution is 5.26. The molecule has 0 fully saturated rings. The highest BCUT2D eigenvalue weighted by Gasteiger charge is 2.16. The number of hydrogen-bond donors (Lipinski definition) is 2. The Labute approximate surface area is 161 Å². The molecule has 0 amide bonds. The van der Waals surface area contributed by atoms with E-state index in [9.17, 15) is 25.3 Å². The predicted molar refractivity (Wildman–Crippen MR) is 95.6 cm³/mol. The van der Waals surface area contributed by atoms with E-state index in [4.69, 9.17) is 9.47 Å². The Morgan fingerprint density at radius 2 is 1.75 bits per heavy atom. The Morgan fingerprint density at radius 1 is 1.07 bits per heavy atom. The van der Waals surface area contributed by atoms with Gasteiger partial charge in [-0.2, -0.15) is 0 Å². The number of rotatable bonds is 15. The second-order valence-electron chi connectivity index (χ2n) is 6.16. The van der Waals surface area contributed by atoms with Crippen molar-refractivity contribution >= 4 is 0 Å². The molecule has 28 heavy (non-hydrogen) atoms. The minimum Gasteiger partial charge on any atom is -0.491 e. The topological polar surface area (TPSA) is 155 Å². The summed E-state index contributed by atoms with van der Waals surface area (Å²) in [6, 6.07) is 7.12. The number of nitrogens with zero attached hydrogens (tertiary/aromatic N) is 2. The normalized spacial score (nSPS) is 13.0. The number of aliphatic hydroxyl groups excluding tert-OH is 1. The number of aliphatic hydroxyl groups is 1. The zero-order valence-electron chi connectivity index (χ0n) is 15.7. The molecule has 1 rings (SSSR count). The lowest BCUT2D eigenvalue weighted by molar-refractivity contribution is -0.790. The van der Waals surface area contributed by atoms with Gasteiger partial charge in [0.25, 0.3) is 10.2 Å². The van der Waals surface area contributed by atoms with Crippen LogP contribution in [0.15, 0.2) is 24.3 Å². The Morgan fingerprint density at radius 3 is 2.32 bits per heavy atom. The fraction of sp³-hybridized carbons (Fsp3) is 0.625. The summed E-state index contributed by atoms with van der Waals surface area (Å²) >= 11 is 0. The summed E-state index contributed by atoms with van der Waals surface area (Å²) in [6.07, 6.45) is -1.85. The van der Waals surface area contributed by atoms with Gasteiger partial charge in [-0.15, -0.1) is 20.2 Å². The molecule has 2 N–H and O–H groups in total. The molecule has 0 bridgehead atoms. The Hall–Kier alpha value is -2.70. The fourth-order valence-electron chi connectivity index (χ4n) is 1.99. The Balaban J connectivity index is 2.36. The number of benzene rings is 1. The monoisotopic (exact) mass is 403 g/mol. The van der Waals surface area contributed by atoms with Crippen LogP contribution in [0.2, 0.25) is 0 Å². The number of hydrogen-bond acceptors (Lipinski definition) is 10. The molecule has 0 aromatic heterocycles. The molecule has 0 spiro atoms. The molecule has 0 heterocycles. The molecule has 1 aromatic carbocycles. The maximum Gasteiger partial charge on any atom is 0.294 e. The second kappa shape index (κ2) is 12.6. The van der Waals surface area contributed by atoms with E-state index in [-0.39, 0.29) is 25.9 Å². The quantitative estimate of drug-likeness (QED) is 0.316. The average Bonchev–Trinajstić information content (AvgIpc) is 2.63. The van der Waals surface area contributed by atoms with Crippen molar-refractivity contribution < 1.29 is 34.4 Å². The maximum absolute atomic E-state index is 10.4. The lowest BCUT2D eigenvalue weighted by Crippen LogP contribution is -2.35. The minimum atomic E-state index is -1.22. The molecule has 1 aromatic rings. The molecule has 0 aliphatic rings. The van der Waals surface area contributed by atoms with Crippen molar-refractivity contribution in [1.29, 1.82) is 0 Å². The van der Waals surface area contributed by atoms with Crippen molar-refractivity contribution in [2.24, 2.45) is 0 Å². The van der Waals surface area contributed by atoms with Crippen LogP contribution in [0.25, 0.3) is 0 Å². The molecule has 0 unspecified atom stereocenters. The van der Waals surface area contributed by atoms with Gasteiger partial charge in [0.2, 0.25) is 0 Å². The summed E-state index contributed by atoms with van der Waals surface area (Å²) in [7, 11) is 0. The molecular weight excluding hydrogens is 378 g/mol. The first-order chi connectivity index (χ1) is 13.3. The summed E-state index contributed by atoms with van der Waals surface area (Å²) in [6.45, 7) is 3.77. The van der Waals surface area contributed by atoms with Crippen molar-refractivity contribution in [3.63, 3.8) is 0 Å². The molecule has 0 saturated heterocycles. The Kier molecular flexibility index (Phi) is 10.5. The molecule has 0 radical (unpaired) electrons. The first-order valence-electron chi connectivity index (χ1n) is 8.55. The van der Waals surface area contributed by atoms with Gasteiger partial charge in [-0.05, 0) is 17.7 Å². The van der Waals surface area contributed by atoms with E-state index >= 15 is 0 Å². The summed E-state index contributed by atoms with van der Waals surface area (Å²) < 4.78 is 10.8. The van der Waals surface area contributed by atoms with Crippen molar-refractivity contribution in [2.45, 2.75) is 38.7 Å². The van der Waals surface area contributed by atoms with Crippen LogP contribution in [0, 0.1) is 20.2 Å². The van der Waals surface area contributed by atoms with Gasteiger partial charge in [-0.3, -0.25) is 0 Å². The van der Waals surface area contributed by atoms with Crippen LogP contribution in [0.1, 0.15) is 19.4 Å². The third-order valence-corrected chi connectivity index (χ3v) is 3.30. The molecule has 158 valence electrons. The summed E-state index contributed by atoms with van der Waals surface area (Å²) in [5, 5.41) is 31.3. The third kappa shape index (κ3) is 11.1. The lowest BCUT2D eigenvalue weighted by Gasteiger charge is -2.15. The second-order valence-corrected chi connectivity index (χ2v) is 6.16. The molecule has 2 atom stereocenters. The number of ether oxygens (including phenoxy) is 2. The SMILES string of the molecule is CC(C)NC[C@H](O)COc1ccc(COC[C@@H](CO[N+](=O)[O-])O[N+](=O)[O-])cc1. The van der Waals surface area contributed by atoms with Gasteiger partial charge in [-0.25, -0.2) is 0 Å². The standard InChI is InChI=1S/C16H25N3O9/c1-12(2)17-7-14(20)9-26-15-5-3-13(4-6-15)8-25-10-16(28-19(23)24)11-27-18(21)22/h3-6,12,14,16-17,20H,7-11H2,1-2H3/t14-,16-/m0/s1. The fourth-order valence-corrected chi connectivity index (χ4v) is 1.99. The van der Waals surface area contributed by atoms with Gasteiger partial charge >= 0.3 is 0 Å². The van der Waals surface area contributed by atoms with Crippen LogP contribution in [-0.4, -0.2) is 59.9 Å². The molecular formula is C16H25N3O9. The molecule has 0 aliphatic carbocycles. The maximum atomic E-state index is 10.4. The van der Waals surface area contributed by atoms with Crippen LogP contribution < -0.4 is 10.1 Å². The van der Waals surface area contributed by atoms with Crippen LogP contribution in [0.4, 0.5) is 0 Å². The van der Waals surface area contributed by atoms with Crippen LogP contribution in [0.3, 0.4) is 0 Å². The number of nitrogens with one attached hydrogen (secondary N) is 1. The highest BCUT2D eigenvalue weighted by Crippen LogP contribution is 2.13. The van der Waals surface area contributed by atoms with E-state index in [2.05, 4.69) is 15.0 Å². The zero-order valence-corrected chi connectivity index (χ0v) is 15.7. The van der Waals surface area contributed by atoms with Gasteiger partial charge in [0.05, 0.1) is 13.2 Å². The molecule has 12 nitrogen and oxygen atoms in total. The van der Waals surface area contributed by atoms with E-state index in [1.165, 1.54) is 0 Å². The highest BCUT2D eigenvalue weighted by atomic mass is 17.0. The van der Waals surface area contributed by atoms with E-state index in [0.29, 0.717) is 12.3 Å². The van der Waals surface area contributed by atoms with Crippen LogP contribution in [-0.2, 0) is 21.0 Å². The van der Waals surface area contributed by atoms with Gasteiger partial charge in [0.15, 0.2) is 6.10 Å². The van der Waals surface area contributed by atoms with Gasteiger partial charge in [0, 0.05) is 12.6 Å². The molecule has 0 saturated carbocycles. The smallest absolute Gasteiger partial charge is 0.294 e. The van der Waals surface area contributed by atoms with E-state index < -0.39 is 29.0 Å². The first-order valence-corrected chi connectivity index (χ1v) is 8.55. The summed E-state index contributed by atoms with van der Waals surface area (Å²) in [5.74, 6) is 0.571. The molecule has 12 heteroatoms. The van der Waals surface area contributed by atoms with Crippen molar-refractivity contribution in [3.8, 4) is 5.75 Å². The van der Waals surface area contributed by atoms with Crippen LogP contribution >= 0.6 is 0 Å². The molecule has 0 aliphatic heterocycles. The van der Waals surface area contributed by atoms with Gasteiger partial charge in [-0.1, -0.05) is 26.0 Å². The minimum absolute atomic E-state index is 0.108. The lowest BCUT2D eigenvalue weighted by atomic mass is 10.2. The van der Waals surface area contributed by atoms with Gasteiger partial charge < -0.3 is 29.6 Å². The van der Waals surface area contributed by atoms with Crippen molar-refractivity contribution in [2.75, 3.05) is 26.4 Å². The third-order valence-electron chi connectivity index (χ3n) is 3.30. The largest absolute Gasteiger partial charge is 0.491 e. The van der Waals surface area contributed by atoms with Crippen LogP contribution in [0.5, 0.6) is 5.75 Å². The summed E-state index contributed by atoms with van der Waals surface area (Å²) in [4.78, 5) is 28.9. The van der Waals surface area contributed by atoms with Gasteiger partial charge in [0.1, 0.15) is 25.1 Å². The zero-order chi connectivity index (χ0) is 20.9. The predicted octanol–water partition coefficient (Wildman–Crippen LogP) is 0.726. The van der Waals surface area contributed by atoms with E-state index in [1.807, 2.05) is 13.8 Å². The van der Waals surface area contributed by atoms with E-state index in [0.717, 1.165) is 5.56 Å². The summed E-state index contributed by atoms with van der Waals surface area (Å²) in [5.41, 5.74) is 0.754.